The van der Waals surface area contributed by atoms with Gasteiger partial charge in [-0.25, -0.2) is 4.98 Å². The van der Waals surface area contributed by atoms with E-state index in [9.17, 15) is 4.79 Å². The van der Waals surface area contributed by atoms with E-state index in [1.807, 2.05) is 36.1 Å². The monoisotopic (exact) mass is 425 g/mol. The summed E-state index contributed by atoms with van der Waals surface area (Å²) in [5, 5.41) is 0.789. The Morgan fingerprint density at radius 3 is 2.37 bits per heavy atom. The van der Waals surface area contributed by atoms with E-state index in [0.29, 0.717) is 19.6 Å². The largest absolute Gasteiger partial charge is 0.494 e. The Hall–Kier alpha value is -2.44. The molecule has 0 N–H and O–H groups in total. The van der Waals surface area contributed by atoms with Crippen LogP contribution in [0.5, 0.6) is 5.75 Å². The molecule has 1 aromatic heterocycles. The summed E-state index contributed by atoms with van der Waals surface area (Å²) in [6, 6.07) is 12.0. The highest BCUT2D eigenvalue weighted by atomic mass is 32.1. The highest BCUT2D eigenvalue weighted by Gasteiger charge is 2.21. The molecular formula is C24H31N3O2S. The maximum Gasteiger partial charge on any atom is 0.233 e. The molecule has 2 aromatic carbocycles. The standard InChI is InChI=1S/C24H31N3O2S/c1-6-29-20-12-10-19(11-13-20)16-21(28)27(15-7-14-26(4)5)24-25-22-17(2)8-9-18(3)23(22)30-24/h8-13H,6-7,14-16H2,1-5H3. The van der Waals surface area contributed by atoms with Crippen molar-refractivity contribution >= 4 is 32.6 Å². The number of rotatable bonds is 9. The maximum atomic E-state index is 13.3. The van der Waals surface area contributed by atoms with E-state index in [2.05, 4.69) is 45.0 Å². The maximum absolute atomic E-state index is 13.3. The number of fused-ring (bicyclic) bond motifs is 1. The van der Waals surface area contributed by atoms with Gasteiger partial charge in [-0.3, -0.25) is 9.69 Å². The summed E-state index contributed by atoms with van der Waals surface area (Å²) < 4.78 is 6.67. The number of hydrogen-bond acceptors (Lipinski definition) is 5. The van der Waals surface area contributed by atoms with Crippen molar-refractivity contribution in [3.8, 4) is 5.75 Å². The van der Waals surface area contributed by atoms with Crippen LogP contribution in [0.1, 0.15) is 30.0 Å². The van der Waals surface area contributed by atoms with Crippen LogP contribution in [0, 0.1) is 13.8 Å². The van der Waals surface area contributed by atoms with E-state index in [1.165, 1.54) is 5.56 Å². The van der Waals surface area contributed by atoms with Crippen LogP contribution in [0.25, 0.3) is 10.2 Å². The number of aromatic nitrogens is 1. The first kappa shape index (κ1) is 22.2. The van der Waals surface area contributed by atoms with Crippen molar-refractivity contribution in [3.05, 3.63) is 53.1 Å². The lowest BCUT2D eigenvalue weighted by atomic mass is 10.1. The Kier molecular flexibility index (Phi) is 7.45. The summed E-state index contributed by atoms with van der Waals surface area (Å²) in [4.78, 5) is 22.2. The second kappa shape index (κ2) is 10.0. The molecule has 0 aliphatic rings. The summed E-state index contributed by atoms with van der Waals surface area (Å²) >= 11 is 1.61. The molecule has 6 heteroatoms. The number of thiazole rings is 1. The van der Waals surface area contributed by atoms with Gasteiger partial charge in [-0.2, -0.15) is 0 Å². The molecule has 0 saturated carbocycles. The Balaban J connectivity index is 1.85. The normalized spacial score (nSPS) is 11.3. The van der Waals surface area contributed by atoms with Crippen molar-refractivity contribution in [2.24, 2.45) is 0 Å². The first-order chi connectivity index (χ1) is 14.4. The molecule has 160 valence electrons. The third kappa shape index (κ3) is 5.37. The van der Waals surface area contributed by atoms with Crippen LogP contribution in [0.2, 0.25) is 0 Å². The minimum absolute atomic E-state index is 0.0762. The second-order valence-corrected chi connectivity index (χ2v) is 8.81. The highest BCUT2D eigenvalue weighted by molar-refractivity contribution is 7.22. The van der Waals surface area contributed by atoms with Crippen molar-refractivity contribution in [3.63, 3.8) is 0 Å². The summed E-state index contributed by atoms with van der Waals surface area (Å²) in [6.07, 6.45) is 1.25. The fourth-order valence-electron chi connectivity index (χ4n) is 3.38. The Labute approximate surface area is 183 Å². The quantitative estimate of drug-likeness (QED) is 0.492. The van der Waals surface area contributed by atoms with Gasteiger partial charge in [0.25, 0.3) is 0 Å². The van der Waals surface area contributed by atoms with Crippen molar-refractivity contribution in [2.75, 3.05) is 38.7 Å². The summed E-state index contributed by atoms with van der Waals surface area (Å²) in [5.41, 5.74) is 4.33. The molecule has 1 heterocycles. The lowest BCUT2D eigenvalue weighted by Crippen LogP contribution is -2.34. The van der Waals surface area contributed by atoms with E-state index in [-0.39, 0.29) is 5.91 Å². The van der Waals surface area contributed by atoms with Gasteiger partial charge in [-0.05, 0) is 76.7 Å². The van der Waals surface area contributed by atoms with Crippen LogP contribution >= 0.6 is 11.3 Å². The summed E-state index contributed by atoms with van der Waals surface area (Å²) in [5.74, 6) is 0.904. The Bertz CT molecular complexity index is 957. The number of carbonyl (C=O) groups excluding carboxylic acids is 1. The molecule has 0 unspecified atom stereocenters. The molecule has 0 spiro atoms. The zero-order valence-electron chi connectivity index (χ0n) is 18.6. The van der Waals surface area contributed by atoms with Crippen molar-refractivity contribution in [1.82, 2.24) is 9.88 Å². The first-order valence-electron chi connectivity index (χ1n) is 10.4. The van der Waals surface area contributed by atoms with E-state index in [0.717, 1.165) is 45.2 Å². The average molecular weight is 426 g/mol. The van der Waals surface area contributed by atoms with Crippen LogP contribution in [0.4, 0.5) is 5.13 Å². The zero-order valence-corrected chi connectivity index (χ0v) is 19.4. The zero-order chi connectivity index (χ0) is 21.7. The number of benzene rings is 2. The topological polar surface area (TPSA) is 45.7 Å². The molecule has 0 atom stereocenters. The molecule has 3 aromatic rings. The molecule has 0 radical (unpaired) electrons. The number of aryl methyl sites for hydroxylation is 2. The highest BCUT2D eigenvalue weighted by Crippen LogP contribution is 2.33. The van der Waals surface area contributed by atoms with Crippen molar-refractivity contribution < 1.29 is 9.53 Å². The molecule has 0 aliphatic heterocycles. The van der Waals surface area contributed by atoms with Gasteiger partial charge in [0.2, 0.25) is 5.91 Å². The predicted molar refractivity (Wildman–Crippen MR) is 126 cm³/mol. The molecule has 0 saturated heterocycles. The van der Waals surface area contributed by atoms with Crippen LogP contribution in [0.3, 0.4) is 0 Å². The number of carbonyl (C=O) groups is 1. The smallest absolute Gasteiger partial charge is 0.233 e. The first-order valence-corrected chi connectivity index (χ1v) is 11.2. The molecule has 0 aliphatic carbocycles. The van der Waals surface area contributed by atoms with E-state index in [1.54, 1.807) is 11.3 Å². The van der Waals surface area contributed by atoms with Gasteiger partial charge >= 0.3 is 0 Å². The number of amides is 1. The van der Waals surface area contributed by atoms with Crippen LogP contribution in [-0.4, -0.2) is 49.6 Å². The number of hydrogen-bond donors (Lipinski definition) is 0. The third-order valence-corrected chi connectivity index (χ3v) is 6.25. The minimum Gasteiger partial charge on any atom is -0.494 e. The molecule has 3 rings (SSSR count). The van der Waals surface area contributed by atoms with Crippen LogP contribution in [0.15, 0.2) is 36.4 Å². The van der Waals surface area contributed by atoms with Gasteiger partial charge in [0.1, 0.15) is 5.75 Å². The molecule has 0 fully saturated rings. The van der Waals surface area contributed by atoms with E-state index < -0.39 is 0 Å². The molecule has 30 heavy (non-hydrogen) atoms. The minimum atomic E-state index is 0.0762. The Morgan fingerprint density at radius 1 is 1.03 bits per heavy atom. The van der Waals surface area contributed by atoms with Gasteiger partial charge in [-0.1, -0.05) is 35.6 Å². The lowest BCUT2D eigenvalue weighted by molar-refractivity contribution is -0.118. The van der Waals surface area contributed by atoms with Gasteiger partial charge in [0, 0.05) is 6.54 Å². The summed E-state index contributed by atoms with van der Waals surface area (Å²) in [7, 11) is 4.10. The Morgan fingerprint density at radius 2 is 1.73 bits per heavy atom. The van der Waals surface area contributed by atoms with Crippen LogP contribution in [-0.2, 0) is 11.2 Å². The number of ether oxygens (including phenoxy) is 1. The lowest BCUT2D eigenvalue weighted by Gasteiger charge is -2.21. The SMILES string of the molecule is CCOc1ccc(CC(=O)N(CCCN(C)C)c2nc3c(C)ccc(C)c3s2)cc1. The van der Waals surface area contributed by atoms with Gasteiger partial charge in [0.05, 0.1) is 23.2 Å². The number of anilines is 1. The molecule has 5 nitrogen and oxygen atoms in total. The van der Waals surface area contributed by atoms with Gasteiger partial charge in [0.15, 0.2) is 5.13 Å². The van der Waals surface area contributed by atoms with Gasteiger partial charge in [-0.15, -0.1) is 0 Å². The third-order valence-electron chi connectivity index (χ3n) is 5.04. The van der Waals surface area contributed by atoms with Crippen molar-refractivity contribution in [2.45, 2.75) is 33.6 Å². The molecule has 1 amide bonds. The van der Waals surface area contributed by atoms with Gasteiger partial charge < -0.3 is 9.64 Å². The average Bonchev–Trinajstić information content (AvgIpc) is 3.16. The molecular weight excluding hydrogens is 394 g/mol. The number of nitrogens with zero attached hydrogens (tertiary/aromatic N) is 3. The fraction of sp³-hybridized carbons (Fsp3) is 0.417. The fourth-order valence-corrected chi connectivity index (χ4v) is 4.53. The second-order valence-electron chi connectivity index (χ2n) is 7.83. The molecule has 0 bridgehead atoms. The predicted octanol–water partition coefficient (Wildman–Crippen LogP) is 4.84. The van der Waals surface area contributed by atoms with E-state index >= 15 is 0 Å². The van der Waals surface area contributed by atoms with Crippen molar-refractivity contribution in [1.29, 1.82) is 0 Å². The van der Waals surface area contributed by atoms with Crippen LogP contribution < -0.4 is 9.64 Å². The summed E-state index contributed by atoms with van der Waals surface area (Å²) in [6.45, 7) is 8.35. The van der Waals surface area contributed by atoms with E-state index in [4.69, 9.17) is 9.72 Å².